The molecule has 1 aliphatic rings. The Kier molecular flexibility index (Phi) is 6.90. The highest BCUT2D eigenvalue weighted by Gasteiger charge is 2.26. The van der Waals surface area contributed by atoms with E-state index in [-0.39, 0.29) is 11.6 Å². The number of benzene rings is 1. The van der Waals surface area contributed by atoms with Gasteiger partial charge in [0.2, 0.25) is 0 Å². The molecule has 148 valence electrons. The minimum atomic E-state index is 0.0346. The Labute approximate surface area is 166 Å². The van der Waals surface area contributed by atoms with Crippen molar-refractivity contribution in [2.45, 2.75) is 52.1 Å². The molecule has 2 aromatic rings. The van der Waals surface area contributed by atoms with Crippen molar-refractivity contribution in [2.75, 3.05) is 33.2 Å². The zero-order valence-electron chi connectivity index (χ0n) is 16.7. The Balaban J connectivity index is 2.11. The van der Waals surface area contributed by atoms with Gasteiger partial charge in [-0.2, -0.15) is 0 Å². The van der Waals surface area contributed by atoms with Gasteiger partial charge in [-0.15, -0.1) is 0 Å². The quantitative estimate of drug-likeness (QED) is 0.749. The van der Waals surface area contributed by atoms with Gasteiger partial charge in [0.1, 0.15) is 5.82 Å². The lowest BCUT2D eigenvalue weighted by Crippen LogP contribution is -2.37. The lowest BCUT2D eigenvalue weighted by atomic mass is 10.1. The maximum atomic E-state index is 13.2. The highest BCUT2D eigenvalue weighted by Crippen LogP contribution is 2.27. The van der Waals surface area contributed by atoms with Gasteiger partial charge in [-0.25, -0.2) is 4.98 Å². The molecule has 1 aliphatic heterocycles. The fourth-order valence-corrected chi connectivity index (χ4v) is 4.20. The van der Waals surface area contributed by atoms with Crippen molar-refractivity contribution < 1.29 is 0 Å². The fraction of sp³-hybridized carbons (Fsp3) is 0.619. The van der Waals surface area contributed by atoms with Crippen molar-refractivity contribution >= 4 is 22.5 Å². The van der Waals surface area contributed by atoms with Crippen LogP contribution in [0.1, 0.15) is 51.4 Å². The summed E-state index contributed by atoms with van der Waals surface area (Å²) in [6.07, 6.45) is 4.14. The largest absolute Gasteiger partial charge is 0.305 e. The first-order valence-corrected chi connectivity index (χ1v) is 10.6. The second-order valence-electron chi connectivity index (χ2n) is 7.59. The molecule has 2 heterocycles. The molecular formula is C21H31ClN4O. The highest BCUT2D eigenvalue weighted by molar-refractivity contribution is 6.31. The Morgan fingerprint density at radius 1 is 1.15 bits per heavy atom. The topological polar surface area (TPSA) is 41.4 Å². The van der Waals surface area contributed by atoms with E-state index in [0.29, 0.717) is 17.0 Å². The van der Waals surface area contributed by atoms with Gasteiger partial charge < -0.3 is 4.90 Å². The Morgan fingerprint density at radius 2 is 1.96 bits per heavy atom. The first-order chi connectivity index (χ1) is 13.0. The molecule has 1 atom stereocenters. The van der Waals surface area contributed by atoms with Gasteiger partial charge in [-0.05, 0) is 51.1 Å². The first-order valence-electron chi connectivity index (χ1n) is 10.2. The summed E-state index contributed by atoms with van der Waals surface area (Å²) < 4.78 is 1.90. The number of likely N-dealkylation sites (N-methyl/N-ethyl adjacent to an activating group) is 1. The Morgan fingerprint density at radius 3 is 2.70 bits per heavy atom. The normalized spacial score (nSPS) is 17.9. The second kappa shape index (κ2) is 9.18. The molecule has 1 fully saturated rings. The summed E-state index contributed by atoms with van der Waals surface area (Å²) in [6, 6.07) is 5.62. The number of aromatic nitrogens is 2. The molecule has 1 saturated heterocycles. The number of halogens is 1. The molecule has 0 amide bonds. The molecule has 3 rings (SSSR count). The second-order valence-corrected chi connectivity index (χ2v) is 8.02. The van der Waals surface area contributed by atoms with E-state index in [2.05, 4.69) is 30.7 Å². The molecule has 27 heavy (non-hydrogen) atoms. The van der Waals surface area contributed by atoms with Crippen LogP contribution in [0.15, 0.2) is 23.0 Å². The summed E-state index contributed by atoms with van der Waals surface area (Å²) in [5.74, 6) is 0.920. The predicted octanol–water partition coefficient (Wildman–Crippen LogP) is 3.94. The van der Waals surface area contributed by atoms with Crippen LogP contribution in [0.5, 0.6) is 0 Å². The van der Waals surface area contributed by atoms with E-state index in [1.54, 1.807) is 6.07 Å². The molecule has 1 aromatic carbocycles. The summed E-state index contributed by atoms with van der Waals surface area (Å²) in [4.78, 5) is 23.1. The average molecular weight is 391 g/mol. The molecule has 0 bridgehead atoms. The summed E-state index contributed by atoms with van der Waals surface area (Å²) in [5.41, 5.74) is 0.784. The standard InChI is InChI=1S/C21H31ClN4O/c1-4-7-19(25-12-6-11-24(3)13-14-25)20-23-18-9-8-16(22)15-17(18)21(27)26(20)10-5-2/h8-9,15,19H,4-7,10-14H2,1-3H3/t19-/m0/s1. The van der Waals surface area contributed by atoms with Gasteiger partial charge in [-0.1, -0.05) is 31.9 Å². The van der Waals surface area contributed by atoms with Crippen LogP contribution in [0, 0.1) is 0 Å². The van der Waals surface area contributed by atoms with E-state index in [0.717, 1.165) is 63.2 Å². The Bertz CT molecular complexity index is 835. The van der Waals surface area contributed by atoms with E-state index in [4.69, 9.17) is 16.6 Å². The first kappa shape index (κ1) is 20.3. The SMILES string of the molecule is CCC[C@@H](c1nc2ccc(Cl)cc2c(=O)n1CCC)N1CCCN(C)CC1. The lowest BCUT2D eigenvalue weighted by molar-refractivity contribution is 0.179. The summed E-state index contributed by atoms with van der Waals surface area (Å²) in [6.45, 7) is 9.26. The van der Waals surface area contributed by atoms with Crippen LogP contribution in [0.4, 0.5) is 0 Å². The fourth-order valence-electron chi connectivity index (χ4n) is 4.03. The minimum absolute atomic E-state index is 0.0346. The molecule has 6 heteroatoms. The lowest BCUT2D eigenvalue weighted by Gasteiger charge is -2.31. The molecule has 0 aliphatic carbocycles. The monoisotopic (exact) mass is 390 g/mol. The van der Waals surface area contributed by atoms with Gasteiger partial charge >= 0.3 is 0 Å². The van der Waals surface area contributed by atoms with Crippen molar-refractivity contribution in [3.8, 4) is 0 Å². The van der Waals surface area contributed by atoms with Gasteiger partial charge in [0.15, 0.2) is 0 Å². The summed E-state index contributed by atoms with van der Waals surface area (Å²) in [7, 11) is 2.18. The van der Waals surface area contributed by atoms with Crippen LogP contribution >= 0.6 is 11.6 Å². The van der Waals surface area contributed by atoms with E-state index >= 15 is 0 Å². The van der Waals surface area contributed by atoms with Crippen LogP contribution < -0.4 is 5.56 Å². The third-order valence-electron chi connectivity index (χ3n) is 5.45. The van der Waals surface area contributed by atoms with Crippen LogP contribution in [0.2, 0.25) is 5.02 Å². The maximum Gasteiger partial charge on any atom is 0.261 e. The van der Waals surface area contributed by atoms with E-state index in [1.165, 1.54) is 0 Å². The molecule has 0 spiro atoms. The van der Waals surface area contributed by atoms with Gasteiger partial charge in [-0.3, -0.25) is 14.3 Å². The molecule has 1 aromatic heterocycles. The molecule has 0 radical (unpaired) electrons. The number of hydrogen-bond acceptors (Lipinski definition) is 4. The zero-order valence-corrected chi connectivity index (χ0v) is 17.5. The third kappa shape index (κ3) is 4.53. The molecule has 0 saturated carbocycles. The molecular weight excluding hydrogens is 360 g/mol. The molecule has 0 N–H and O–H groups in total. The van der Waals surface area contributed by atoms with Crippen LogP contribution in [-0.4, -0.2) is 52.6 Å². The van der Waals surface area contributed by atoms with Crippen molar-refractivity contribution in [3.05, 3.63) is 39.4 Å². The van der Waals surface area contributed by atoms with Crippen molar-refractivity contribution in [2.24, 2.45) is 0 Å². The van der Waals surface area contributed by atoms with Crippen molar-refractivity contribution in [1.82, 2.24) is 19.4 Å². The van der Waals surface area contributed by atoms with Gasteiger partial charge in [0, 0.05) is 31.2 Å². The van der Waals surface area contributed by atoms with Gasteiger partial charge in [0.25, 0.3) is 5.56 Å². The number of nitrogens with zero attached hydrogens (tertiary/aromatic N) is 4. The summed E-state index contributed by atoms with van der Waals surface area (Å²) >= 11 is 6.14. The minimum Gasteiger partial charge on any atom is -0.305 e. The maximum absolute atomic E-state index is 13.2. The van der Waals surface area contributed by atoms with Crippen molar-refractivity contribution in [3.63, 3.8) is 0 Å². The van der Waals surface area contributed by atoms with E-state index < -0.39 is 0 Å². The van der Waals surface area contributed by atoms with Crippen molar-refractivity contribution in [1.29, 1.82) is 0 Å². The Hall–Kier alpha value is -1.43. The van der Waals surface area contributed by atoms with E-state index in [9.17, 15) is 4.79 Å². The highest BCUT2D eigenvalue weighted by atomic mass is 35.5. The van der Waals surface area contributed by atoms with E-state index in [1.807, 2.05) is 16.7 Å². The zero-order chi connectivity index (χ0) is 19.4. The number of fused-ring (bicyclic) bond motifs is 1. The van der Waals surface area contributed by atoms with Crippen LogP contribution in [0.25, 0.3) is 10.9 Å². The predicted molar refractivity (Wildman–Crippen MR) is 113 cm³/mol. The number of rotatable bonds is 6. The number of hydrogen-bond donors (Lipinski definition) is 0. The smallest absolute Gasteiger partial charge is 0.261 e. The third-order valence-corrected chi connectivity index (χ3v) is 5.68. The van der Waals surface area contributed by atoms with Crippen LogP contribution in [-0.2, 0) is 6.54 Å². The van der Waals surface area contributed by atoms with Gasteiger partial charge in [0.05, 0.1) is 16.9 Å². The molecule has 5 nitrogen and oxygen atoms in total. The molecule has 0 unspecified atom stereocenters. The van der Waals surface area contributed by atoms with Crippen LogP contribution in [0.3, 0.4) is 0 Å². The average Bonchev–Trinajstić information content (AvgIpc) is 2.87. The summed E-state index contributed by atoms with van der Waals surface area (Å²) in [5, 5.41) is 1.20.